The van der Waals surface area contributed by atoms with E-state index in [0.29, 0.717) is 0 Å². The minimum absolute atomic E-state index is 0. The minimum atomic E-state index is -3.40. The van der Waals surface area contributed by atoms with Crippen LogP contribution in [-0.2, 0) is 40.4 Å². The summed E-state index contributed by atoms with van der Waals surface area (Å²) in [5.41, 5.74) is 0. The van der Waals surface area contributed by atoms with Gasteiger partial charge in [-0.3, -0.25) is 0 Å². The van der Waals surface area contributed by atoms with E-state index in [2.05, 4.69) is 0 Å². The number of carboxylic acid groups (broad SMARTS) is 2. The number of aliphatic carboxylic acids is 2. The Morgan fingerprint density at radius 1 is 0.810 bits per heavy atom. The fraction of sp³-hybridized carbons (Fsp3) is 0.800. The number of carboxylic acids is 2. The minimum Gasteiger partial charge on any atom is -0.799 e. The van der Waals surface area contributed by atoms with E-state index in [9.17, 15) is 38.7 Å². The van der Waals surface area contributed by atoms with E-state index in [4.69, 9.17) is 0 Å². The van der Waals surface area contributed by atoms with Crippen molar-refractivity contribution in [1.29, 1.82) is 0 Å². The standard InChI is InChI=1S/2C5H11O4P.Ti/c2*1-2-10(8,9)4-3-5(6)7;/h2*2-4H2,1H3,(H,6,7)(H,8,9);/q;;+4/p-4. The van der Waals surface area contributed by atoms with Crippen LogP contribution in [0.5, 0.6) is 0 Å². The fourth-order valence-corrected chi connectivity index (χ4v) is 2.52. The molecule has 2 atom stereocenters. The van der Waals surface area contributed by atoms with Crippen LogP contribution in [0, 0.1) is 0 Å². The molecule has 0 radical (unpaired) electrons. The van der Waals surface area contributed by atoms with Gasteiger partial charge in [-0.25, -0.2) is 0 Å². The zero-order valence-corrected chi connectivity index (χ0v) is 15.3. The maximum atomic E-state index is 10.6. The number of hydrogen-bond acceptors (Lipinski definition) is 8. The first-order valence-electron chi connectivity index (χ1n) is 5.93. The van der Waals surface area contributed by atoms with Gasteiger partial charge in [0.1, 0.15) is 0 Å². The first-order chi connectivity index (χ1) is 8.95. The van der Waals surface area contributed by atoms with Crippen LogP contribution in [0.15, 0.2) is 0 Å². The molecule has 0 aromatic heterocycles. The maximum Gasteiger partial charge on any atom is 4.00 e. The third kappa shape index (κ3) is 20.0. The van der Waals surface area contributed by atoms with Gasteiger partial charge in [-0.1, -0.05) is 13.8 Å². The second kappa shape index (κ2) is 12.6. The molecule has 0 aliphatic carbocycles. The van der Waals surface area contributed by atoms with E-state index in [-0.39, 0.29) is 46.4 Å². The quantitative estimate of drug-likeness (QED) is 0.334. The molecule has 0 heterocycles. The number of hydrogen-bond donors (Lipinski definition) is 0. The Morgan fingerprint density at radius 2 is 1.05 bits per heavy atom. The summed E-state index contributed by atoms with van der Waals surface area (Å²) in [5, 5.41) is 19.6. The zero-order valence-electron chi connectivity index (χ0n) is 11.9. The van der Waals surface area contributed by atoms with Crippen molar-refractivity contribution in [3.63, 3.8) is 0 Å². The summed E-state index contributed by atoms with van der Waals surface area (Å²) >= 11 is 0. The summed E-state index contributed by atoms with van der Waals surface area (Å²) in [5.74, 6) is -2.63. The topological polar surface area (TPSA) is 161 Å². The smallest absolute Gasteiger partial charge is 0.799 e. The SMILES string of the molecule is CCP(=O)([O-])CCC(=O)[O-].CCP(=O)([O-])CCC(=O)[O-].[Ti+4]. The molecule has 0 rings (SSSR count). The normalized spacial score (nSPS) is 15.4. The van der Waals surface area contributed by atoms with E-state index in [1.165, 1.54) is 13.8 Å². The van der Waals surface area contributed by atoms with E-state index in [1.54, 1.807) is 0 Å². The zero-order chi connectivity index (χ0) is 16.4. The van der Waals surface area contributed by atoms with Crippen LogP contribution >= 0.6 is 14.7 Å². The monoisotopic (exact) mass is 376 g/mol. The van der Waals surface area contributed by atoms with Gasteiger partial charge in [-0.15, -0.1) is 0 Å². The second-order valence-corrected chi connectivity index (χ2v) is 9.37. The molecule has 0 spiro atoms. The predicted octanol–water partition coefficient (Wildman–Crippen LogP) is -2.43. The van der Waals surface area contributed by atoms with Crippen molar-refractivity contribution < 1.29 is 60.4 Å². The van der Waals surface area contributed by atoms with Crippen LogP contribution in [0.2, 0.25) is 0 Å². The van der Waals surface area contributed by atoms with Crippen LogP contribution in [0.4, 0.5) is 0 Å². The van der Waals surface area contributed by atoms with Crippen molar-refractivity contribution in [1.82, 2.24) is 0 Å². The van der Waals surface area contributed by atoms with Gasteiger partial charge in [-0.2, -0.15) is 0 Å². The van der Waals surface area contributed by atoms with E-state index < -0.39 is 39.5 Å². The van der Waals surface area contributed by atoms with E-state index in [0.717, 1.165) is 0 Å². The molecule has 8 nitrogen and oxygen atoms in total. The van der Waals surface area contributed by atoms with Crippen molar-refractivity contribution in [2.45, 2.75) is 26.7 Å². The summed E-state index contributed by atoms with van der Waals surface area (Å²) in [6.45, 7) is 2.98. The fourth-order valence-electron chi connectivity index (χ4n) is 0.839. The first-order valence-corrected chi connectivity index (χ1v) is 9.92. The first kappa shape index (κ1) is 26.0. The molecule has 0 N–H and O–H groups in total. The molecule has 0 aliphatic rings. The molecule has 0 aliphatic heterocycles. The molecule has 0 saturated carbocycles. The van der Waals surface area contributed by atoms with Gasteiger partial charge >= 0.3 is 21.7 Å². The summed E-state index contributed by atoms with van der Waals surface area (Å²) in [7, 11) is -6.80. The Hall–Kier alpha value is 0.0343. The summed E-state index contributed by atoms with van der Waals surface area (Å²) in [4.78, 5) is 40.9. The molecule has 11 heteroatoms. The van der Waals surface area contributed by atoms with Crippen LogP contribution < -0.4 is 20.0 Å². The van der Waals surface area contributed by atoms with Gasteiger partial charge in [0.2, 0.25) is 0 Å². The Morgan fingerprint density at radius 3 is 1.19 bits per heavy atom. The predicted molar refractivity (Wildman–Crippen MR) is 65.3 cm³/mol. The average molecular weight is 376 g/mol. The van der Waals surface area contributed by atoms with E-state index >= 15 is 0 Å². The third-order valence-electron chi connectivity index (χ3n) is 2.28. The molecule has 2 unspecified atom stereocenters. The Kier molecular flexibility index (Phi) is 15.5. The summed E-state index contributed by atoms with van der Waals surface area (Å²) in [6.07, 6.45) is -1.33. The Bertz CT molecular complexity index is 374. The van der Waals surface area contributed by atoms with Crippen molar-refractivity contribution in [2.75, 3.05) is 24.6 Å². The molecule has 0 aromatic carbocycles. The van der Waals surface area contributed by atoms with Crippen molar-refractivity contribution >= 4 is 26.7 Å². The molecular formula is C10H18O8P2Ti. The van der Waals surface area contributed by atoms with Crippen molar-refractivity contribution in [3.8, 4) is 0 Å². The van der Waals surface area contributed by atoms with Gasteiger partial charge < -0.3 is 38.7 Å². The summed E-state index contributed by atoms with van der Waals surface area (Å²) < 4.78 is 21.3. The van der Waals surface area contributed by atoms with Gasteiger partial charge in [0.05, 0.1) is 0 Å². The molecule has 120 valence electrons. The molecule has 21 heavy (non-hydrogen) atoms. The molecular weight excluding hydrogens is 358 g/mol. The third-order valence-corrected chi connectivity index (χ3v) is 6.01. The van der Waals surface area contributed by atoms with Gasteiger partial charge in [-0.05, 0) is 37.5 Å². The van der Waals surface area contributed by atoms with Crippen LogP contribution in [-0.4, -0.2) is 36.6 Å². The Labute approximate surface area is 138 Å². The number of carbonyl (C=O) groups is 2. The van der Waals surface area contributed by atoms with Crippen molar-refractivity contribution in [2.24, 2.45) is 0 Å². The van der Waals surface area contributed by atoms with Crippen LogP contribution in [0.25, 0.3) is 0 Å². The maximum absolute atomic E-state index is 10.6. The number of rotatable bonds is 8. The van der Waals surface area contributed by atoms with Gasteiger partial charge in [0.15, 0.2) is 0 Å². The van der Waals surface area contributed by atoms with E-state index in [1.807, 2.05) is 0 Å². The molecule has 0 fully saturated rings. The van der Waals surface area contributed by atoms with Crippen LogP contribution in [0.1, 0.15) is 26.7 Å². The van der Waals surface area contributed by atoms with Crippen molar-refractivity contribution in [3.05, 3.63) is 0 Å². The van der Waals surface area contributed by atoms with Crippen LogP contribution in [0.3, 0.4) is 0 Å². The molecule has 0 saturated heterocycles. The molecule has 0 aromatic rings. The van der Waals surface area contributed by atoms with Gasteiger partial charge in [0.25, 0.3) is 0 Å². The Balaban J connectivity index is -0.000000295. The molecule has 0 bridgehead atoms. The average Bonchev–Trinajstić information content (AvgIpc) is 2.35. The largest absolute Gasteiger partial charge is 4.00 e. The molecule has 0 amide bonds. The summed E-state index contributed by atoms with van der Waals surface area (Å²) in [6, 6.07) is 0. The second-order valence-electron chi connectivity index (χ2n) is 3.95. The number of carbonyl (C=O) groups excluding carboxylic acids is 2. The van der Waals surface area contributed by atoms with Gasteiger partial charge in [0, 0.05) is 26.7 Å².